The molecule has 4 heteroatoms. The molecule has 0 atom stereocenters. The van der Waals surface area contributed by atoms with Crippen molar-refractivity contribution in [3.05, 3.63) is 12.7 Å². The highest BCUT2D eigenvalue weighted by atomic mass is 16.5. The predicted octanol–water partition coefficient (Wildman–Crippen LogP) is 1.36. The first-order valence-corrected chi connectivity index (χ1v) is 5.77. The Morgan fingerprint density at radius 3 is 2.56 bits per heavy atom. The van der Waals surface area contributed by atoms with Gasteiger partial charge in [0.1, 0.15) is 0 Å². The molecule has 0 aromatic heterocycles. The number of amides is 1. The fraction of sp³-hybridized carbons (Fsp3) is 0.667. The minimum atomic E-state index is -0.118. The molecule has 1 aliphatic rings. The van der Waals surface area contributed by atoms with Crippen LogP contribution in [0.1, 0.15) is 26.2 Å². The molecule has 1 aliphatic heterocycles. The van der Waals surface area contributed by atoms with Crippen molar-refractivity contribution >= 4 is 11.9 Å². The van der Waals surface area contributed by atoms with Crippen LogP contribution < -0.4 is 0 Å². The van der Waals surface area contributed by atoms with Crippen LogP contribution in [0.25, 0.3) is 0 Å². The summed E-state index contributed by atoms with van der Waals surface area (Å²) in [6.45, 7) is 7.15. The minimum Gasteiger partial charge on any atom is -0.465 e. The monoisotopic (exact) mass is 225 g/mol. The fourth-order valence-electron chi connectivity index (χ4n) is 1.79. The molecular formula is C12H19NO3. The van der Waals surface area contributed by atoms with Crippen LogP contribution in [0.3, 0.4) is 0 Å². The quantitative estimate of drug-likeness (QED) is 0.536. The first-order chi connectivity index (χ1) is 7.69. The molecule has 0 saturated carbocycles. The summed E-state index contributed by atoms with van der Waals surface area (Å²) in [6.07, 6.45) is 3.56. The average Bonchev–Trinajstić information content (AvgIpc) is 2.35. The zero-order valence-corrected chi connectivity index (χ0v) is 9.78. The third kappa shape index (κ3) is 3.36. The number of piperidine rings is 1. The minimum absolute atomic E-state index is 0.0413. The molecule has 4 nitrogen and oxygen atoms in total. The van der Waals surface area contributed by atoms with Gasteiger partial charge in [0.2, 0.25) is 5.91 Å². The van der Waals surface area contributed by atoms with Crippen LogP contribution in [-0.2, 0) is 14.3 Å². The summed E-state index contributed by atoms with van der Waals surface area (Å²) in [7, 11) is 0. The largest absolute Gasteiger partial charge is 0.465 e. The summed E-state index contributed by atoms with van der Waals surface area (Å²) in [5.41, 5.74) is 0. The normalized spacial score (nSPS) is 16.9. The van der Waals surface area contributed by atoms with Gasteiger partial charge >= 0.3 is 5.97 Å². The maximum Gasteiger partial charge on any atom is 0.309 e. The Morgan fingerprint density at radius 2 is 2.06 bits per heavy atom. The lowest BCUT2D eigenvalue weighted by atomic mass is 9.97. The number of ether oxygens (including phenoxy) is 1. The molecule has 1 fully saturated rings. The number of hydrogen-bond donors (Lipinski definition) is 0. The molecule has 0 spiro atoms. The summed E-state index contributed by atoms with van der Waals surface area (Å²) in [5.74, 6) is -0.214. The number of hydrogen-bond acceptors (Lipinski definition) is 3. The van der Waals surface area contributed by atoms with Crippen molar-refractivity contribution in [1.82, 2.24) is 4.90 Å². The highest BCUT2D eigenvalue weighted by molar-refractivity contribution is 5.87. The van der Waals surface area contributed by atoms with Gasteiger partial charge in [0, 0.05) is 13.1 Å². The van der Waals surface area contributed by atoms with Gasteiger partial charge in [-0.25, -0.2) is 0 Å². The molecule has 0 aliphatic carbocycles. The van der Waals surface area contributed by atoms with E-state index in [1.807, 2.05) is 6.92 Å². The SMILES string of the molecule is C=CC(=O)N1CCC(C(=O)OCCC)CC1. The number of likely N-dealkylation sites (tertiary alicyclic amines) is 1. The Kier molecular flexibility index (Phi) is 5.02. The summed E-state index contributed by atoms with van der Waals surface area (Å²) >= 11 is 0. The van der Waals surface area contributed by atoms with Crippen molar-refractivity contribution < 1.29 is 14.3 Å². The zero-order valence-electron chi connectivity index (χ0n) is 9.78. The first-order valence-electron chi connectivity index (χ1n) is 5.77. The molecule has 0 unspecified atom stereocenters. The highest BCUT2D eigenvalue weighted by Gasteiger charge is 2.27. The molecule has 0 bridgehead atoms. The van der Waals surface area contributed by atoms with Gasteiger partial charge in [-0.1, -0.05) is 13.5 Å². The molecule has 1 heterocycles. The Balaban J connectivity index is 2.34. The van der Waals surface area contributed by atoms with Crippen LogP contribution >= 0.6 is 0 Å². The van der Waals surface area contributed by atoms with Gasteiger partial charge in [0.25, 0.3) is 0 Å². The van der Waals surface area contributed by atoms with Crippen molar-refractivity contribution in [2.45, 2.75) is 26.2 Å². The van der Waals surface area contributed by atoms with Crippen molar-refractivity contribution in [2.75, 3.05) is 19.7 Å². The lowest BCUT2D eigenvalue weighted by Crippen LogP contribution is -2.39. The lowest BCUT2D eigenvalue weighted by molar-refractivity contribution is -0.151. The van der Waals surface area contributed by atoms with E-state index in [2.05, 4.69) is 6.58 Å². The second-order valence-electron chi connectivity index (χ2n) is 3.97. The maximum atomic E-state index is 11.6. The Hall–Kier alpha value is -1.32. The number of esters is 1. The molecule has 1 rings (SSSR count). The zero-order chi connectivity index (χ0) is 12.0. The van der Waals surface area contributed by atoms with Crippen LogP contribution in [-0.4, -0.2) is 36.5 Å². The number of rotatable bonds is 4. The molecule has 0 radical (unpaired) electrons. The second kappa shape index (κ2) is 6.30. The van der Waals surface area contributed by atoms with E-state index in [1.54, 1.807) is 4.90 Å². The van der Waals surface area contributed by atoms with E-state index in [-0.39, 0.29) is 17.8 Å². The lowest BCUT2D eigenvalue weighted by Gasteiger charge is -2.30. The van der Waals surface area contributed by atoms with Crippen LogP contribution in [0.4, 0.5) is 0 Å². The Bertz CT molecular complexity index is 267. The van der Waals surface area contributed by atoms with Gasteiger partial charge in [-0.05, 0) is 25.3 Å². The van der Waals surface area contributed by atoms with Gasteiger partial charge in [-0.15, -0.1) is 0 Å². The molecular weight excluding hydrogens is 206 g/mol. The van der Waals surface area contributed by atoms with Gasteiger partial charge in [-0.3, -0.25) is 9.59 Å². The molecule has 0 N–H and O–H groups in total. The van der Waals surface area contributed by atoms with Crippen LogP contribution in [0.15, 0.2) is 12.7 Å². The topological polar surface area (TPSA) is 46.6 Å². The average molecular weight is 225 g/mol. The number of nitrogens with zero attached hydrogens (tertiary/aromatic N) is 1. The summed E-state index contributed by atoms with van der Waals surface area (Å²) < 4.78 is 5.09. The van der Waals surface area contributed by atoms with E-state index in [9.17, 15) is 9.59 Å². The van der Waals surface area contributed by atoms with E-state index < -0.39 is 0 Å². The third-order valence-corrected chi connectivity index (χ3v) is 2.76. The van der Waals surface area contributed by atoms with E-state index >= 15 is 0 Å². The van der Waals surface area contributed by atoms with Gasteiger partial charge < -0.3 is 9.64 Å². The molecule has 1 amide bonds. The molecule has 0 aromatic rings. The van der Waals surface area contributed by atoms with Crippen molar-refractivity contribution in [3.8, 4) is 0 Å². The molecule has 90 valence electrons. The standard InChI is InChI=1S/C12H19NO3/c1-3-9-16-12(15)10-5-7-13(8-6-10)11(14)4-2/h4,10H,2-3,5-9H2,1H3. The summed E-state index contributed by atoms with van der Waals surface area (Å²) in [5, 5.41) is 0. The van der Waals surface area contributed by atoms with E-state index in [0.717, 1.165) is 6.42 Å². The first kappa shape index (κ1) is 12.7. The Morgan fingerprint density at radius 1 is 1.44 bits per heavy atom. The maximum absolute atomic E-state index is 11.6. The molecule has 1 saturated heterocycles. The van der Waals surface area contributed by atoms with Crippen molar-refractivity contribution in [1.29, 1.82) is 0 Å². The van der Waals surface area contributed by atoms with Gasteiger partial charge in [-0.2, -0.15) is 0 Å². The Labute approximate surface area is 96.3 Å². The number of carbonyl (C=O) groups is 2. The summed E-state index contributed by atoms with van der Waals surface area (Å²) in [6, 6.07) is 0. The van der Waals surface area contributed by atoms with E-state index in [0.29, 0.717) is 32.5 Å². The predicted molar refractivity (Wildman–Crippen MR) is 60.8 cm³/mol. The van der Waals surface area contributed by atoms with Gasteiger partial charge in [0.05, 0.1) is 12.5 Å². The number of carbonyl (C=O) groups excluding carboxylic acids is 2. The van der Waals surface area contributed by atoms with Crippen molar-refractivity contribution in [3.63, 3.8) is 0 Å². The van der Waals surface area contributed by atoms with Crippen molar-refractivity contribution in [2.24, 2.45) is 5.92 Å². The molecule has 16 heavy (non-hydrogen) atoms. The molecule has 0 aromatic carbocycles. The van der Waals surface area contributed by atoms with E-state index in [1.165, 1.54) is 6.08 Å². The van der Waals surface area contributed by atoms with Crippen LogP contribution in [0.5, 0.6) is 0 Å². The third-order valence-electron chi connectivity index (χ3n) is 2.76. The second-order valence-corrected chi connectivity index (χ2v) is 3.97. The van der Waals surface area contributed by atoms with Crippen LogP contribution in [0, 0.1) is 5.92 Å². The smallest absolute Gasteiger partial charge is 0.309 e. The highest BCUT2D eigenvalue weighted by Crippen LogP contribution is 2.18. The van der Waals surface area contributed by atoms with Gasteiger partial charge in [0.15, 0.2) is 0 Å². The fourth-order valence-corrected chi connectivity index (χ4v) is 1.79. The van der Waals surface area contributed by atoms with E-state index in [4.69, 9.17) is 4.74 Å². The summed E-state index contributed by atoms with van der Waals surface area (Å²) in [4.78, 5) is 24.6. The van der Waals surface area contributed by atoms with Crippen LogP contribution in [0.2, 0.25) is 0 Å².